The van der Waals surface area contributed by atoms with Gasteiger partial charge in [0.25, 0.3) is 5.91 Å². The summed E-state index contributed by atoms with van der Waals surface area (Å²) < 4.78 is 10.5. The Morgan fingerprint density at radius 1 is 1.24 bits per heavy atom. The number of carbonyl (C=O) groups is 2. The highest BCUT2D eigenvalue weighted by molar-refractivity contribution is 7.11. The molecule has 2 aromatic rings. The molecule has 0 spiro atoms. The molecule has 0 aliphatic heterocycles. The first-order valence-electron chi connectivity index (χ1n) is 7.93. The molecule has 0 bridgehead atoms. The number of amides is 1. The van der Waals surface area contributed by atoms with Crippen molar-refractivity contribution in [1.29, 1.82) is 0 Å². The molecule has 0 aliphatic carbocycles. The van der Waals surface area contributed by atoms with E-state index in [-0.39, 0.29) is 5.91 Å². The Bertz CT molecular complexity index is 735. The number of nitrogens with one attached hydrogen (secondary N) is 1. The monoisotopic (exact) mass is 359 g/mol. The highest BCUT2D eigenvalue weighted by Gasteiger charge is 2.21. The van der Waals surface area contributed by atoms with Crippen LogP contribution in [0.2, 0.25) is 0 Å². The quantitative estimate of drug-likeness (QED) is 0.608. The number of benzene rings is 1. The Kier molecular flexibility index (Phi) is 6.77. The van der Waals surface area contributed by atoms with E-state index in [9.17, 15) is 9.59 Å². The van der Waals surface area contributed by atoms with Crippen LogP contribution < -0.4 is 10.1 Å². The third kappa shape index (κ3) is 5.19. The molecule has 2 rings (SSSR count). The van der Waals surface area contributed by atoms with E-state index in [4.69, 9.17) is 9.47 Å². The molecular weight excluding hydrogens is 338 g/mol. The molecule has 1 N–H and O–H groups in total. The molecule has 1 aromatic carbocycles. The summed E-state index contributed by atoms with van der Waals surface area (Å²) in [4.78, 5) is 25.2. The van der Waals surface area contributed by atoms with Crippen molar-refractivity contribution in [3.63, 3.8) is 0 Å². The van der Waals surface area contributed by atoms with Gasteiger partial charge < -0.3 is 14.8 Å². The molecule has 0 fully saturated rings. The van der Waals surface area contributed by atoms with E-state index >= 15 is 0 Å². The van der Waals surface area contributed by atoms with E-state index in [1.807, 2.05) is 48.7 Å². The van der Waals surface area contributed by atoms with Crippen LogP contribution in [0.4, 0.5) is 0 Å². The maximum atomic E-state index is 12.6. The van der Waals surface area contributed by atoms with Gasteiger partial charge in [-0.3, -0.25) is 4.79 Å². The zero-order valence-corrected chi connectivity index (χ0v) is 15.3. The van der Waals surface area contributed by atoms with Crippen molar-refractivity contribution in [2.45, 2.75) is 20.0 Å². The Balaban J connectivity index is 2.25. The van der Waals surface area contributed by atoms with Crippen molar-refractivity contribution in [2.75, 3.05) is 13.7 Å². The average Bonchev–Trinajstić information content (AvgIpc) is 3.14. The molecule has 5 nitrogen and oxygen atoms in total. The Labute approximate surface area is 151 Å². The molecule has 1 amide bonds. The van der Waals surface area contributed by atoms with Crippen LogP contribution in [-0.4, -0.2) is 31.6 Å². The van der Waals surface area contributed by atoms with Gasteiger partial charge in [-0.15, -0.1) is 11.3 Å². The largest absolute Gasteiger partial charge is 0.497 e. The number of esters is 1. The number of rotatable bonds is 7. The lowest BCUT2D eigenvalue weighted by Crippen LogP contribution is -2.35. The van der Waals surface area contributed by atoms with Crippen LogP contribution in [0, 0.1) is 0 Å². The van der Waals surface area contributed by atoms with Crippen molar-refractivity contribution in [3.05, 3.63) is 52.2 Å². The SMILES string of the molecule is CCNC(=O)[C@H](C)OC(=O)/C(=C/c1ccc(OC)cc1)c1cccs1. The van der Waals surface area contributed by atoms with Gasteiger partial charge in [-0.2, -0.15) is 0 Å². The topological polar surface area (TPSA) is 64.6 Å². The van der Waals surface area contributed by atoms with E-state index < -0.39 is 12.1 Å². The van der Waals surface area contributed by atoms with Gasteiger partial charge in [-0.05, 0) is 49.1 Å². The number of likely N-dealkylation sites (N-methyl/N-ethyl adjacent to an activating group) is 1. The van der Waals surface area contributed by atoms with Crippen LogP contribution in [0.5, 0.6) is 5.75 Å². The normalized spacial score (nSPS) is 12.4. The highest BCUT2D eigenvalue weighted by atomic mass is 32.1. The average molecular weight is 359 g/mol. The van der Waals surface area contributed by atoms with Crippen LogP contribution in [0.1, 0.15) is 24.3 Å². The summed E-state index contributed by atoms with van der Waals surface area (Å²) in [5.41, 5.74) is 1.25. The van der Waals surface area contributed by atoms with Crippen LogP contribution in [0.15, 0.2) is 41.8 Å². The minimum Gasteiger partial charge on any atom is -0.497 e. The summed E-state index contributed by atoms with van der Waals surface area (Å²) in [7, 11) is 1.60. The molecule has 6 heteroatoms. The van der Waals surface area contributed by atoms with Crippen molar-refractivity contribution in [2.24, 2.45) is 0 Å². The number of methoxy groups -OCH3 is 1. The second-order valence-corrected chi connectivity index (χ2v) is 6.20. The lowest BCUT2D eigenvalue weighted by atomic mass is 10.1. The Hall–Kier alpha value is -2.60. The molecule has 25 heavy (non-hydrogen) atoms. The van der Waals surface area contributed by atoms with Crippen molar-refractivity contribution in [3.8, 4) is 5.75 Å². The second-order valence-electron chi connectivity index (χ2n) is 5.25. The van der Waals surface area contributed by atoms with E-state index in [0.717, 1.165) is 16.2 Å². The van der Waals surface area contributed by atoms with Crippen LogP contribution in [-0.2, 0) is 14.3 Å². The number of ether oxygens (including phenoxy) is 2. The third-order valence-electron chi connectivity index (χ3n) is 3.44. The van der Waals surface area contributed by atoms with Crippen LogP contribution >= 0.6 is 11.3 Å². The molecule has 1 heterocycles. The number of hydrogen-bond acceptors (Lipinski definition) is 5. The first-order chi connectivity index (χ1) is 12.0. The molecule has 0 radical (unpaired) electrons. The van der Waals surface area contributed by atoms with Crippen LogP contribution in [0.25, 0.3) is 11.6 Å². The summed E-state index contributed by atoms with van der Waals surface area (Å²) >= 11 is 1.44. The first-order valence-corrected chi connectivity index (χ1v) is 8.81. The summed E-state index contributed by atoms with van der Waals surface area (Å²) in [5.74, 6) is -0.106. The molecule has 0 saturated carbocycles. The summed E-state index contributed by atoms with van der Waals surface area (Å²) in [6.45, 7) is 3.86. The Morgan fingerprint density at radius 2 is 1.96 bits per heavy atom. The van der Waals surface area contributed by atoms with Gasteiger partial charge >= 0.3 is 5.97 Å². The smallest absolute Gasteiger partial charge is 0.340 e. The van der Waals surface area contributed by atoms with Gasteiger partial charge in [-0.1, -0.05) is 18.2 Å². The van der Waals surface area contributed by atoms with Gasteiger partial charge in [0.15, 0.2) is 6.10 Å². The lowest BCUT2D eigenvalue weighted by Gasteiger charge is -2.14. The molecule has 1 aromatic heterocycles. The van der Waals surface area contributed by atoms with Gasteiger partial charge in [-0.25, -0.2) is 4.79 Å². The molecular formula is C19H21NO4S. The maximum absolute atomic E-state index is 12.6. The lowest BCUT2D eigenvalue weighted by molar-refractivity contribution is -0.149. The second kappa shape index (κ2) is 9.03. The number of hydrogen-bond donors (Lipinski definition) is 1. The van der Waals surface area contributed by atoms with Gasteiger partial charge in [0.1, 0.15) is 5.75 Å². The Morgan fingerprint density at radius 3 is 2.52 bits per heavy atom. The highest BCUT2D eigenvalue weighted by Crippen LogP contribution is 2.25. The minimum atomic E-state index is -0.855. The van der Waals surface area contributed by atoms with Crippen molar-refractivity contribution < 1.29 is 19.1 Å². The fraction of sp³-hybridized carbons (Fsp3) is 0.263. The first kappa shape index (κ1) is 18.7. The standard InChI is InChI=1S/C19H21NO4S/c1-4-20-18(21)13(2)24-19(22)16(17-6-5-11-25-17)12-14-7-9-15(23-3)10-8-14/h5-13H,4H2,1-3H3,(H,20,21)/b16-12+/t13-/m0/s1. The van der Waals surface area contributed by atoms with Crippen LogP contribution in [0.3, 0.4) is 0 Å². The fourth-order valence-corrected chi connectivity index (χ4v) is 2.85. The fourth-order valence-electron chi connectivity index (χ4n) is 2.12. The number of thiophene rings is 1. The van der Waals surface area contributed by atoms with Crippen molar-refractivity contribution >= 4 is 34.9 Å². The maximum Gasteiger partial charge on any atom is 0.340 e. The van der Waals surface area contributed by atoms with E-state index in [2.05, 4.69) is 5.32 Å². The summed E-state index contributed by atoms with van der Waals surface area (Å²) in [6, 6.07) is 11.1. The summed E-state index contributed by atoms with van der Waals surface area (Å²) in [5, 5.41) is 4.53. The minimum absolute atomic E-state index is 0.314. The third-order valence-corrected chi connectivity index (χ3v) is 4.34. The predicted molar refractivity (Wildman–Crippen MR) is 99.4 cm³/mol. The van der Waals surface area contributed by atoms with Gasteiger partial charge in [0.05, 0.1) is 12.7 Å². The molecule has 0 unspecified atom stereocenters. The predicted octanol–water partition coefficient (Wildman–Crippen LogP) is 3.37. The number of carbonyl (C=O) groups excluding carboxylic acids is 2. The van der Waals surface area contributed by atoms with E-state index in [1.54, 1.807) is 20.1 Å². The van der Waals surface area contributed by atoms with Gasteiger partial charge in [0.2, 0.25) is 0 Å². The molecule has 0 aliphatic rings. The zero-order chi connectivity index (χ0) is 18.2. The van der Waals surface area contributed by atoms with E-state index in [1.165, 1.54) is 11.3 Å². The van der Waals surface area contributed by atoms with Crippen molar-refractivity contribution in [1.82, 2.24) is 5.32 Å². The van der Waals surface area contributed by atoms with E-state index in [0.29, 0.717) is 12.1 Å². The molecule has 1 atom stereocenters. The molecule has 0 saturated heterocycles. The van der Waals surface area contributed by atoms with Gasteiger partial charge in [0, 0.05) is 11.4 Å². The zero-order valence-electron chi connectivity index (χ0n) is 14.4. The summed E-state index contributed by atoms with van der Waals surface area (Å²) in [6.07, 6.45) is 0.893. The molecule has 132 valence electrons.